The number of hydrogen-bond donors (Lipinski definition) is 0. The summed E-state index contributed by atoms with van der Waals surface area (Å²) in [6.07, 6.45) is 3.63. The molecule has 1 saturated carbocycles. The fraction of sp³-hybridized carbons (Fsp3) is 0.500. The van der Waals surface area contributed by atoms with Gasteiger partial charge in [-0.15, -0.1) is 0 Å². The first-order chi connectivity index (χ1) is 17.5. The molecule has 0 aromatic heterocycles. The predicted octanol–water partition coefficient (Wildman–Crippen LogP) is 6.08. The van der Waals surface area contributed by atoms with Crippen LogP contribution in [0.4, 0.5) is 15.3 Å². The number of nitrogens with zero attached hydrogens (tertiary/aromatic N) is 2. The molecule has 36 heavy (non-hydrogen) atoms. The fourth-order valence-electron chi connectivity index (χ4n) is 5.22. The average molecular weight is 497 g/mol. The number of benzene rings is 2. The molecule has 2 unspecified atom stereocenters. The van der Waals surface area contributed by atoms with Gasteiger partial charge in [0.15, 0.2) is 11.5 Å². The molecular formula is C28H36N2O6. The number of hydrogen-bond acceptors (Lipinski definition) is 6. The van der Waals surface area contributed by atoms with Crippen molar-refractivity contribution in [2.45, 2.75) is 70.7 Å². The lowest BCUT2D eigenvalue weighted by atomic mass is 9.90. The molecule has 2 aromatic carbocycles. The molecule has 8 nitrogen and oxygen atoms in total. The summed E-state index contributed by atoms with van der Waals surface area (Å²) in [7, 11) is 3.14. The van der Waals surface area contributed by atoms with Crippen LogP contribution in [-0.2, 0) is 16.0 Å². The molecule has 0 N–H and O–H groups in total. The number of amides is 2. The third-order valence-corrected chi connectivity index (χ3v) is 7.00. The highest BCUT2D eigenvalue weighted by atomic mass is 16.6. The maximum atomic E-state index is 13.4. The zero-order valence-corrected chi connectivity index (χ0v) is 21.6. The van der Waals surface area contributed by atoms with E-state index in [9.17, 15) is 9.59 Å². The van der Waals surface area contributed by atoms with E-state index in [1.54, 1.807) is 37.0 Å². The van der Waals surface area contributed by atoms with Crippen LogP contribution in [0.3, 0.4) is 0 Å². The molecule has 2 atom stereocenters. The molecule has 0 radical (unpaired) electrons. The maximum Gasteiger partial charge on any atom is 0.414 e. The van der Waals surface area contributed by atoms with Crippen LogP contribution in [0.2, 0.25) is 0 Å². The number of fused-ring (bicyclic) bond motifs is 1. The van der Waals surface area contributed by atoms with Gasteiger partial charge in [-0.05, 0) is 57.6 Å². The summed E-state index contributed by atoms with van der Waals surface area (Å²) in [5.74, 6) is 1.04. The molecule has 0 bridgehead atoms. The van der Waals surface area contributed by atoms with Crippen LogP contribution in [0.25, 0.3) is 0 Å². The van der Waals surface area contributed by atoms with Gasteiger partial charge >= 0.3 is 12.2 Å². The van der Waals surface area contributed by atoms with Crippen LogP contribution in [0.15, 0.2) is 42.5 Å². The third-order valence-electron chi connectivity index (χ3n) is 7.00. The van der Waals surface area contributed by atoms with Crippen molar-refractivity contribution in [3.63, 3.8) is 0 Å². The first-order valence-corrected chi connectivity index (χ1v) is 12.7. The molecule has 1 aliphatic carbocycles. The zero-order valence-electron chi connectivity index (χ0n) is 21.6. The van der Waals surface area contributed by atoms with Crippen molar-refractivity contribution < 1.29 is 28.5 Å². The first kappa shape index (κ1) is 25.7. The van der Waals surface area contributed by atoms with Crippen LogP contribution in [-0.4, -0.2) is 50.1 Å². The normalized spacial score (nSPS) is 19.4. The van der Waals surface area contributed by atoms with Crippen LogP contribution >= 0.6 is 0 Å². The minimum absolute atomic E-state index is 0.0554. The summed E-state index contributed by atoms with van der Waals surface area (Å²) in [5.41, 5.74) is 2.43. The largest absolute Gasteiger partial charge is 0.493 e. The lowest BCUT2D eigenvalue weighted by molar-refractivity contribution is 0.0792. The van der Waals surface area contributed by atoms with Gasteiger partial charge in [0.2, 0.25) is 0 Å². The third kappa shape index (κ3) is 5.37. The van der Waals surface area contributed by atoms with Crippen molar-refractivity contribution in [1.82, 2.24) is 4.90 Å². The second kappa shape index (κ2) is 11.5. The molecule has 194 valence electrons. The summed E-state index contributed by atoms with van der Waals surface area (Å²) in [5, 5.41) is 0. The molecule has 4 rings (SSSR count). The van der Waals surface area contributed by atoms with Gasteiger partial charge in [0.05, 0.1) is 32.6 Å². The second-order valence-electron chi connectivity index (χ2n) is 9.34. The van der Waals surface area contributed by atoms with Gasteiger partial charge in [-0.25, -0.2) is 9.59 Å². The Morgan fingerprint density at radius 3 is 2.33 bits per heavy atom. The van der Waals surface area contributed by atoms with Crippen molar-refractivity contribution in [2.24, 2.45) is 0 Å². The summed E-state index contributed by atoms with van der Waals surface area (Å²) < 4.78 is 22.5. The molecule has 1 aliphatic heterocycles. The number of carbonyl (C=O) groups is 2. The van der Waals surface area contributed by atoms with Gasteiger partial charge in [-0.1, -0.05) is 30.3 Å². The molecule has 2 aliphatic rings. The monoisotopic (exact) mass is 496 g/mol. The zero-order chi connectivity index (χ0) is 25.7. The standard InChI is InChI=1S/C28H36N2O6/c1-5-35-27(31)29(18-20-11-7-6-8-12-20)23-15-19(2)30(28(32)36-21-13-9-10-14-21)24-17-26(34-4)25(33-3)16-22(23)24/h6-8,11-12,16-17,19,21,23H,5,9-10,13-15,18H2,1-4H3. The van der Waals surface area contributed by atoms with E-state index in [-0.39, 0.29) is 30.9 Å². The Labute approximate surface area is 213 Å². The van der Waals surface area contributed by atoms with Crippen molar-refractivity contribution in [3.05, 3.63) is 53.6 Å². The summed E-state index contributed by atoms with van der Waals surface area (Å²) in [4.78, 5) is 30.1. The quantitative estimate of drug-likeness (QED) is 0.462. The minimum Gasteiger partial charge on any atom is -0.493 e. The lowest BCUT2D eigenvalue weighted by Gasteiger charge is -2.43. The molecule has 0 spiro atoms. The van der Waals surface area contributed by atoms with Crippen molar-refractivity contribution in [3.8, 4) is 11.5 Å². The highest BCUT2D eigenvalue weighted by Gasteiger charge is 2.41. The second-order valence-corrected chi connectivity index (χ2v) is 9.34. The van der Waals surface area contributed by atoms with Gasteiger partial charge in [0.1, 0.15) is 6.10 Å². The van der Waals surface area contributed by atoms with E-state index in [2.05, 4.69) is 0 Å². The Balaban J connectivity index is 1.77. The summed E-state index contributed by atoms with van der Waals surface area (Å²) in [6, 6.07) is 12.9. The molecular weight excluding hydrogens is 460 g/mol. The fourth-order valence-corrected chi connectivity index (χ4v) is 5.22. The average Bonchev–Trinajstić information content (AvgIpc) is 3.39. The van der Waals surface area contributed by atoms with E-state index >= 15 is 0 Å². The van der Waals surface area contributed by atoms with E-state index in [1.807, 2.05) is 43.3 Å². The number of anilines is 1. The lowest BCUT2D eigenvalue weighted by Crippen LogP contribution is -2.48. The van der Waals surface area contributed by atoms with Crippen LogP contribution in [0, 0.1) is 0 Å². The van der Waals surface area contributed by atoms with Gasteiger partial charge < -0.3 is 18.9 Å². The predicted molar refractivity (Wildman–Crippen MR) is 137 cm³/mol. The molecule has 2 aromatic rings. The molecule has 1 fully saturated rings. The SMILES string of the molecule is CCOC(=O)N(Cc1ccccc1)C1CC(C)N(C(=O)OC2CCCC2)c2cc(OC)c(OC)cc21. The minimum atomic E-state index is -0.402. The van der Waals surface area contributed by atoms with Gasteiger partial charge in [-0.3, -0.25) is 9.80 Å². The number of carbonyl (C=O) groups excluding carboxylic acids is 2. The smallest absolute Gasteiger partial charge is 0.414 e. The molecule has 1 heterocycles. The molecule has 2 amide bonds. The van der Waals surface area contributed by atoms with E-state index in [0.29, 0.717) is 30.2 Å². The Kier molecular flexibility index (Phi) is 8.23. The highest BCUT2D eigenvalue weighted by molar-refractivity contribution is 5.91. The van der Waals surface area contributed by atoms with E-state index in [1.165, 1.54) is 0 Å². The van der Waals surface area contributed by atoms with Gasteiger partial charge in [-0.2, -0.15) is 0 Å². The van der Waals surface area contributed by atoms with Crippen LogP contribution in [0.1, 0.15) is 63.1 Å². The Hall–Kier alpha value is -3.42. The number of ether oxygens (including phenoxy) is 4. The Morgan fingerprint density at radius 2 is 1.69 bits per heavy atom. The molecule has 8 heteroatoms. The maximum absolute atomic E-state index is 13.4. The van der Waals surface area contributed by atoms with E-state index in [4.69, 9.17) is 18.9 Å². The highest BCUT2D eigenvalue weighted by Crippen LogP contribution is 2.46. The summed E-state index contributed by atoms with van der Waals surface area (Å²) >= 11 is 0. The number of rotatable bonds is 7. The van der Waals surface area contributed by atoms with Crippen LogP contribution in [0.5, 0.6) is 11.5 Å². The number of methoxy groups -OCH3 is 2. The molecule has 0 saturated heterocycles. The Morgan fingerprint density at radius 1 is 1.03 bits per heavy atom. The first-order valence-electron chi connectivity index (χ1n) is 12.7. The van der Waals surface area contributed by atoms with Gasteiger partial charge in [0, 0.05) is 24.2 Å². The van der Waals surface area contributed by atoms with Crippen molar-refractivity contribution in [2.75, 3.05) is 25.7 Å². The van der Waals surface area contributed by atoms with Crippen LogP contribution < -0.4 is 14.4 Å². The topological polar surface area (TPSA) is 77.5 Å². The van der Waals surface area contributed by atoms with Gasteiger partial charge in [0.25, 0.3) is 0 Å². The van der Waals surface area contributed by atoms with Crippen molar-refractivity contribution >= 4 is 17.9 Å². The summed E-state index contributed by atoms with van der Waals surface area (Å²) in [6.45, 7) is 4.42. The van der Waals surface area contributed by atoms with E-state index < -0.39 is 6.09 Å². The van der Waals surface area contributed by atoms with Crippen molar-refractivity contribution in [1.29, 1.82) is 0 Å². The van der Waals surface area contributed by atoms with E-state index in [0.717, 1.165) is 36.8 Å². The Bertz CT molecular complexity index is 1050.